The summed E-state index contributed by atoms with van der Waals surface area (Å²) in [5, 5.41) is 11.6. The Balaban J connectivity index is 2.06. The number of ether oxygens (including phenoxy) is 1. The molecule has 0 saturated heterocycles. The third kappa shape index (κ3) is 3.86. The average molecular weight is 310 g/mol. The van der Waals surface area contributed by atoms with Gasteiger partial charge < -0.3 is 15.2 Å². The number of hydrogen-bond donors (Lipinski definition) is 2. The Kier molecular flexibility index (Phi) is 4.65. The maximum atomic E-state index is 13.6. The molecule has 0 aliphatic rings. The molecule has 2 N–H and O–H groups in total. The van der Waals surface area contributed by atoms with Crippen LogP contribution in [0.5, 0.6) is 11.5 Å². The highest BCUT2D eigenvalue weighted by atomic mass is 35.5. The van der Waals surface area contributed by atoms with Gasteiger partial charge in [-0.1, -0.05) is 23.7 Å². The zero-order valence-electron chi connectivity index (χ0n) is 11.2. The zero-order valence-corrected chi connectivity index (χ0v) is 11.9. The van der Waals surface area contributed by atoms with Crippen LogP contribution in [0.25, 0.3) is 0 Å². The molecule has 0 bridgehead atoms. The molecule has 0 radical (unpaired) electrons. The van der Waals surface area contributed by atoms with Gasteiger partial charge in [-0.3, -0.25) is 4.79 Å². The van der Waals surface area contributed by atoms with E-state index in [0.717, 1.165) is 17.7 Å². The van der Waals surface area contributed by atoms with Crippen molar-refractivity contribution in [3.8, 4) is 11.5 Å². The largest absolute Gasteiger partial charge is 0.506 e. The van der Waals surface area contributed by atoms with Crippen molar-refractivity contribution in [2.24, 2.45) is 0 Å². The number of aromatic hydroxyl groups is 1. The minimum atomic E-state index is -0.750. The summed E-state index contributed by atoms with van der Waals surface area (Å²) in [6.45, 7) is 0. The van der Waals surface area contributed by atoms with Crippen molar-refractivity contribution in [1.29, 1.82) is 0 Å². The number of amides is 1. The predicted molar refractivity (Wildman–Crippen MR) is 78.4 cm³/mol. The summed E-state index contributed by atoms with van der Waals surface area (Å²) in [6.07, 6.45) is 0.0852. The van der Waals surface area contributed by atoms with Crippen molar-refractivity contribution in [2.75, 3.05) is 12.4 Å². The summed E-state index contributed by atoms with van der Waals surface area (Å²) in [5.41, 5.74) is 0.690. The minimum absolute atomic E-state index is 0.0313. The first kappa shape index (κ1) is 15.1. The summed E-state index contributed by atoms with van der Waals surface area (Å²) in [5.74, 6) is -0.821. The second-order valence-corrected chi connectivity index (χ2v) is 4.76. The van der Waals surface area contributed by atoms with Crippen LogP contribution in [0.4, 0.5) is 10.1 Å². The maximum Gasteiger partial charge on any atom is 0.228 e. The van der Waals surface area contributed by atoms with Crippen LogP contribution in [0.15, 0.2) is 36.4 Å². The van der Waals surface area contributed by atoms with Gasteiger partial charge >= 0.3 is 0 Å². The number of rotatable bonds is 4. The van der Waals surface area contributed by atoms with Crippen molar-refractivity contribution < 1.29 is 19.0 Å². The second-order valence-electron chi connectivity index (χ2n) is 4.36. The van der Waals surface area contributed by atoms with Crippen molar-refractivity contribution in [3.63, 3.8) is 0 Å². The molecule has 0 unspecified atom stereocenters. The molecule has 0 aliphatic carbocycles. The van der Waals surface area contributed by atoms with Crippen molar-refractivity contribution >= 4 is 23.2 Å². The standard InChI is InChI=1S/C15H13ClFNO3/c1-21-10-4-2-9(3-5-10)6-15(20)18-13-7-11(16)14(19)8-12(13)17/h2-5,7-8,19H,6H2,1H3,(H,18,20). The van der Waals surface area contributed by atoms with Gasteiger partial charge in [0.2, 0.25) is 5.91 Å². The van der Waals surface area contributed by atoms with Crippen molar-refractivity contribution in [1.82, 2.24) is 0 Å². The molecule has 110 valence electrons. The highest BCUT2D eigenvalue weighted by molar-refractivity contribution is 6.32. The van der Waals surface area contributed by atoms with E-state index < -0.39 is 5.82 Å². The SMILES string of the molecule is COc1ccc(CC(=O)Nc2cc(Cl)c(O)cc2F)cc1. The Hall–Kier alpha value is -2.27. The molecular weight excluding hydrogens is 297 g/mol. The molecule has 2 aromatic carbocycles. The summed E-state index contributed by atoms with van der Waals surface area (Å²) in [7, 11) is 1.55. The van der Waals surface area contributed by atoms with Gasteiger partial charge in [-0.05, 0) is 23.8 Å². The highest BCUT2D eigenvalue weighted by Crippen LogP contribution is 2.29. The Morgan fingerprint density at radius 3 is 2.62 bits per heavy atom. The minimum Gasteiger partial charge on any atom is -0.506 e. The van der Waals surface area contributed by atoms with E-state index in [1.165, 1.54) is 0 Å². The van der Waals surface area contributed by atoms with Crippen LogP contribution in [0.3, 0.4) is 0 Å². The molecule has 0 aliphatic heterocycles. The van der Waals surface area contributed by atoms with Crippen LogP contribution in [0, 0.1) is 5.82 Å². The number of carbonyl (C=O) groups is 1. The number of carbonyl (C=O) groups excluding carboxylic acids is 1. The molecule has 0 heterocycles. The molecule has 0 fully saturated rings. The Morgan fingerprint density at radius 2 is 2.00 bits per heavy atom. The van der Waals surface area contributed by atoms with Gasteiger partial charge in [0.25, 0.3) is 0 Å². The van der Waals surface area contributed by atoms with E-state index in [2.05, 4.69) is 5.32 Å². The van der Waals surface area contributed by atoms with E-state index in [-0.39, 0.29) is 28.8 Å². The third-order valence-corrected chi connectivity index (χ3v) is 3.14. The molecule has 0 aromatic heterocycles. The van der Waals surface area contributed by atoms with E-state index in [0.29, 0.717) is 5.75 Å². The fourth-order valence-corrected chi connectivity index (χ4v) is 1.92. The summed E-state index contributed by atoms with van der Waals surface area (Å²) in [6, 6.07) is 8.99. The van der Waals surface area contributed by atoms with Gasteiger partial charge in [-0.15, -0.1) is 0 Å². The average Bonchev–Trinajstić information content (AvgIpc) is 2.45. The highest BCUT2D eigenvalue weighted by Gasteiger charge is 2.11. The molecule has 6 heteroatoms. The topological polar surface area (TPSA) is 58.6 Å². The van der Waals surface area contributed by atoms with Crippen LogP contribution < -0.4 is 10.1 Å². The molecule has 0 atom stereocenters. The monoisotopic (exact) mass is 309 g/mol. The number of methoxy groups -OCH3 is 1. The normalized spacial score (nSPS) is 10.2. The van der Waals surface area contributed by atoms with Crippen LogP contribution in [-0.4, -0.2) is 18.1 Å². The number of hydrogen-bond acceptors (Lipinski definition) is 3. The lowest BCUT2D eigenvalue weighted by molar-refractivity contribution is -0.115. The number of benzene rings is 2. The third-order valence-electron chi connectivity index (χ3n) is 2.83. The first-order chi connectivity index (χ1) is 9.99. The number of nitrogens with one attached hydrogen (secondary N) is 1. The fourth-order valence-electron chi connectivity index (χ4n) is 1.76. The van der Waals surface area contributed by atoms with E-state index in [1.807, 2.05) is 0 Å². The summed E-state index contributed by atoms with van der Waals surface area (Å²) in [4.78, 5) is 11.9. The number of phenolic OH excluding ortho intramolecular Hbond substituents is 1. The lowest BCUT2D eigenvalue weighted by atomic mass is 10.1. The van der Waals surface area contributed by atoms with Gasteiger partial charge in [-0.25, -0.2) is 4.39 Å². The maximum absolute atomic E-state index is 13.6. The smallest absolute Gasteiger partial charge is 0.228 e. The zero-order chi connectivity index (χ0) is 15.4. The lowest BCUT2D eigenvalue weighted by Crippen LogP contribution is -2.15. The first-order valence-corrected chi connectivity index (χ1v) is 6.48. The van der Waals surface area contributed by atoms with Crippen LogP contribution in [-0.2, 0) is 11.2 Å². The number of phenols is 1. The summed E-state index contributed by atoms with van der Waals surface area (Å²) < 4.78 is 18.6. The van der Waals surface area contributed by atoms with E-state index in [4.69, 9.17) is 16.3 Å². The molecular formula is C15H13ClFNO3. The van der Waals surface area contributed by atoms with E-state index in [9.17, 15) is 14.3 Å². The Morgan fingerprint density at radius 1 is 1.33 bits per heavy atom. The van der Waals surface area contributed by atoms with Crippen LogP contribution in [0.1, 0.15) is 5.56 Å². The Bertz CT molecular complexity index is 659. The van der Waals surface area contributed by atoms with Gasteiger partial charge in [0.1, 0.15) is 17.3 Å². The molecule has 0 spiro atoms. The van der Waals surface area contributed by atoms with Gasteiger partial charge in [0.15, 0.2) is 0 Å². The van der Waals surface area contributed by atoms with E-state index >= 15 is 0 Å². The van der Waals surface area contributed by atoms with Gasteiger partial charge in [0.05, 0.1) is 24.2 Å². The quantitative estimate of drug-likeness (QED) is 0.851. The number of halogens is 2. The predicted octanol–water partition coefficient (Wildman–Crippen LogP) is 3.37. The van der Waals surface area contributed by atoms with Gasteiger partial charge in [-0.2, -0.15) is 0 Å². The van der Waals surface area contributed by atoms with E-state index in [1.54, 1.807) is 31.4 Å². The van der Waals surface area contributed by atoms with Crippen molar-refractivity contribution in [3.05, 3.63) is 52.8 Å². The molecule has 2 aromatic rings. The number of anilines is 1. The molecule has 0 saturated carbocycles. The van der Waals surface area contributed by atoms with Crippen molar-refractivity contribution in [2.45, 2.75) is 6.42 Å². The second kappa shape index (κ2) is 6.45. The van der Waals surface area contributed by atoms with Crippen LogP contribution >= 0.6 is 11.6 Å². The van der Waals surface area contributed by atoms with Crippen LogP contribution in [0.2, 0.25) is 5.02 Å². The molecule has 2 rings (SSSR count). The van der Waals surface area contributed by atoms with Gasteiger partial charge in [0, 0.05) is 6.07 Å². The lowest BCUT2D eigenvalue weighted by Gasteiger charge is -2.08. The fraction of sp³-hybridized carbons (Fsp3) is 0.133. The first-order valence-electron chi connectivity index (χ1n) is 6.10. The molecule has 1 amide bonds. The summed E-state index contributed by atoms with van der Waals surface area (Å²) >= 11 is 5.68. The Labute approximate surface area is 126 Å². The molecule has 4 nitrogen and oxygen atoms in total. The molecule has 21 heavy (non-hydrogen) atoms.